The molecule has 0 saturated heterocycles. The van der Waals surface area contributed by atoms with Crippen LogP contribution in [0.25, 0.3) is 5.69 Å². The zero-order chi connectivity index (χ0) is 12.1. The molecular formula is C11H11N5O. The maximum absolute atomic E-state index is 10.5. The molecule has 6 nitrogen and oxygen atoms in total. The highest BCUT2D eigenvalue weighted by Crippen LogP contribution is 2.08. The number of para-hydroxylation sites is 1. The van der Waals surface area contributed by atoms with Crippen LogP contribution in [0.5, 0.6) is 0 Å². The summed E-state index contributed by atoms with van der Waals surface area (Å²) in [7, 11) is 0. The van der Waals surface area contributed by atoms with Gasteiger partial charge in [-0.2, -0.15) is 5.10 Å². The van der Waals surface area contributed by atoms with E-state index in [-0.39, 0.29) is 0 Å². The highest BCUT2D eigenvalue weighted by Gasteiger charge is 2.01. The van der Waals surface area contributed by atoms with Crippen LogP contribution >= 0.6 is 0 Å². The molecular weight excluding hydrogens is 218 g/mol. The first-order valence-corrected chi connectivity index (χ1v) is 4.94. The monoisotopic (exact) mass is 229 g/mol. The predicted octanol–water partition coefficient (Wildman–Crippen LogP) is 0.874. The summed E-state index contributed by atoms with van der Waals surface area (Å²) in [4.78, 5) is 14.6. The average Bonchev–Trinajstić information content (AvgIpc) is 2.78. The van der Waals surface area contributed by atoms with Gasteiger partial charge in [-0.05, 0) is 12.1 Å². The highest BCUT2D eigenvalue weighted by atomic mass is 16.2. The summed E-state index contributed by atoms with van der Waals surface area (Å²) >= 11 is 0. The molecule has 2 rings (SSSR count). The van der Waals surface area contributed by atoms with Crippen molar-refractivity contribution < 1.29 is 4.79 Å². The molecule has 1 heterocycles. The average molecular weight is 229 g/mol. The Bertz CT molecular complexity index is 532. The van der Waals surface area contributed by atoms with Crippen LogP contribution in [-0.4, -0.2) is 21.8 Å². The third-order valence-electron chi connectivity index (χ3n) is 2.06. The SMILES string of the molecule is NC(=O)NN=Cc1nccn1-c1ccccc1. The number of hydrogen-bond acceptors (Lipinski definition) is 3. The van der Waals surface area contributed by atoms with Gasteiger partial charge in [0.2, 0.25) is 0 Å². The molecule has 0 saturated carbocycles. The van der Waals surface area contributed by atoms with E-state index in [1.165, 1.54) is 6.21 Å². The van der Waals surface area contributed by atoms with E-state index in [0.717, 1.165) is 5.69 Å². The fourth-order valence-corrected chi connectivity index (χ4v) is 1.37. The Kier molecular flexibility index (Phi) is 3.15. The molecule has 0 spiro atoms. The highest BCUT2D eigenvalue weighted by molar-refractivity contribution is 5.78. The fourth-order valence-electron chi connectivity index (χ4n) is 1.37. The summed E-state index contributed by atoms with van der Waals surface area (Å²) in [6.07, 6.45) is 4.89. The van der Waals surface area contributed by atoms with E-state index >= 15 is 0 Å². The van der Waals surface area contributed by atoms with E-state index in [4.69, 9.17) is 5.73 Å². The van der Waals surface area contributed by atoms with Gasteiger partial charge in [0.15, 0.2) is 5.82 Å². The second-order valence-electron chi connectivity index (χ2n) is 3.23. The molecule has 0 unspecified atom stereocenters. The van der Waals surface area contributed by atoms with Gasteiger partial charge in [0.05, 0.1) is 6.21 Å². The van der Waals surface area contributed by atoms with Crippen LogP contribution in [0.15, 0.2) is 47.8 Å². The topological polar surface area (TPSA) is 85.3 Å². The number of primary amides is 1. The van der Waals surface area contributed by atoms with Crippen molar-refractivity contribution >= 4 is 12.2 Å². The van der Waals surface area contributed by atoms with Crippen molar-refractivity contribution in [2.75, 3.05) is 0 Å². The van der Waals surface area contributed by atoms with Crippen molar-refractivity contribution in [3.63, 3.8) is 0 Å². The minimum absolute atomic E-state index is 0.602. The van der Waals surface area contributed by atoms with Crippen molar-refractivity contribution in [1.82, 2.24) is 15.0 Å². The second kappa shape index (κ2) is 4.93. The Morgan fingerprint density at radius 2 is 2.18 bits per heavy atom. The van der Waals surface area contributed by atoms with Crippen LogP contribution in [0.3, 0.4) is 0 Å². The first-order chi connectivity index (χ1) is 8.27. The Morgan fingerprint density at radius 1 is 1.41 bits per heavy atom. The van der Waals surface area contributed by atoms with Crippen molar-refractivity contribution in [2.45, 2.75) is 0 Å². The molecule has 0 bridgehead atoms. The Hall–Kier alpha value is -2.63. The molecule has 86 valence electrons. The summed E-state index contributed by atoms with van der Waals surface area (Å²) in [5.41, 5.74) is 7.97. The van der Waals surface area contributed by atoms with Crippen molar-refractivity contribution in [1.29, 1.82) is 0 Å². The third kappa shape index (κ3) is 2.69. The van der Waals surface area contributed by atoms with E-state index in [1.54, 1.807) is 12.4 Å². The molecule has 0 aliphatic carbocycles. The molecule has 1 aromatic carbocycles. The molecule has 2 aromatic rings. The van der Waals surface area contributed by atoms with Gasteiger partial charge in [-0.3, -0.25) is 4.57 Å². The minimum Gasteiger partial charge on any atom is -0.350 e. The van der Waals surface area contributed by atoms with Gasteiger partial charge in [0, 0.05) is 18.1 Å². The van der Waals surface area contributed by atoms with E-state index in [9.17, 15) is 4.79 Å². The van der Waals surface area contributed by atoms with Gasteiger partial charge >= 0.3 is 6.03 Å². The fraction of sp³-hybridized carbons (Fsp3) is 0. The number of carbonyl (C=O) groups is 1. The lowest BCUT2D eigenvalue weighted by Crippen LogP contribution is -2.24. The predicted molar refractivity (Wildman–Crippen MR) is 63.9 cm³/mol. The molecule has 0 fully saturated rings. The number of benzene rings is 1. The number of hydrogen-bond donors (Lipinski definition) is 2. The van der Waals surface area contributed by atoms with Gasteiger partial charge < -0.3 is 5.73 Å². The molecule has 6 heteroatoms. The van der Waals surface area contributed by atoms with Crippen LogP contribution in [0.1, 0.15) is 5.82 Å². The maximum Gasteiger partial charge on any atom is 0.332 e. The number of rotatable bonds is 3. The Labute approximate surface area is 97.8 Å². The van der Waals surface area contributed by atoms with Crippen LogP contribution in [0.2, 0.25) is 0 Å². The van der Waals surface area contributed by atoms with Gasteiger partial charge in [-0.25, -0.2) is 15.2 Å². The van der Waals surface area contributed by atoms with E-state index in [2.05, 4.69) is 15.5 Å². The number of nitrogens with two attached hydrogens (primary N) is 1. The minimum atomic E-state index is -0.709. The summed E-state index contributed by atoms with van der Waals surface area (Å²) in [6.45, 7) is 0. The smallest absolute Gasteiger partial charge is 0.332 e. The number of carbonyl (C=O) groups excluding carboxylic acids is 1. The zero-order valence-corrected chi connectivity index (χ0v) is 8.95. The number of hydrazone groups is 1. The number of aromatic nitrogens is 2. The first kappa shape index (κ1) is 10.9. The lowest BCUT2D eigenvalue weighted by molar-refractivity contribution is 0.249. The molecule has 0 aliphatic heterocycles. The normalized spacial score (nSPS) is 10.6. The molecule has 17 heavy (non-hydrogen) atoms. The molecule has 0 atom stereocenters. The molecule has 1 aromatic heterocycles. The molecule has 3 N–H and O–H groups in total. The largest absolute Gasteiger partial charge is 0.350 e. The van der Waals surface area contributed by atoms with E-state index in [0.29, 0.717) is 5.82 Å². The van der Waals surface area contributed by atoms with Crippen molar-refractivity contribution in [2.24, 2.45) is 10.8 Å². The standard InChI is InChI=1S/C11H11N5O/c12-11(17)15-14-8-10-13-6-7-16(10)9-4-2-1-3-5-9/h1-8H,(H3,12,15,17). The Balaban J connectivity index is 2.23. The van der Waals surface area contributed by atoms with Gasteiger partial charge in [-0.15, -0.1) is 0 Å². The van der Waals surface area contributed by atoms with Crippen LogP contribution in [0, 0.1) is 0 Å². The summed E-state index contributed by atoms with van der Waals surface area (Å²) in [6, 6.07) is 8.97. The number of urea groups is 1. The van der Waals surface area contributed by atoms with E-state index < -0.39 is 6.03 Å². The van der Waals surface area contributed by atoms with Crippen molar-refractivity contribution in [3.05, 3.63) is 48.5 Å². The van der Waals surface area contributed by atoms with Crippen LogP contribution < -0.4 is 11.2 Å². The van der Waals surface area contributed by atoms with Gasteiger partial charge in [-0.1, -0.05) is 18.2 Å². The third-order valence-corrected chi connectivity index (χ3v) is 2.06. The summed E-state index contributed by atoms with van der Waals surface area (Å²) < 4.78 is 1.84. The zero-order valence-electron chi connectivity index (χ0n) is 8.95. The number of imidazole rings is 1. The number of nitrogens with one attached hydrogen (secondary N) is 1. The van der Waals surface area contributed by atoms with Crippen molar-refractivity contribution in [3.8, 4) is 5.69 Å². The molecule has 0 aliphatic rings. The molecule has 0 radical (unpaired) electrons. The quantitative estimate of drug-likeness (QED) is 0.604. The van der Waals surface area contributed by atoms with E-state index in [1.807, 2.05) is 34.9 Å². The van der Waals surface area contributed by atoms with Crippen LogP contribution in [0.4, 0.5) is 4.79 Å². The maximum atomic E-state index is 10.5. The van der Waals surface area contributed by atoms with Crippen LogP contribution in [-0.2, 0) is 0 Å². The van der Waals surface area contributed by atoms with Gasteiger partial charge in [0.1, 0.15) is 0 Å². The van der Waals surface area contributed by atoms with Gasteiger partial charge in [0.25, 0.3) is 0 Å². The number of nitrogens with zero attached hydrogens (tertiary/aromatic N) is 3. The Morgan fingerprint density at radius 3 is 2.88 bits per heavy atom. The molecule has 2 amide bonds. The number of amides is 2. The lowest BCUT2D eigenvalue weighted by Gasteiger charge is -2.03. The first-order valence-electron chi connectivity index (χ1n) is 4.94. The second-order valence-corrected chi connectivity index (χ2v) is 3.23. The summed E-state index contributed by atoms with van der Waals surface area (Å²) in [5, 5.41) is 3.67. The lowest BCUT2D eigenvalue weighted by atomic mass is 10.3. The summed E-state index contributed by atoms with van der Waals surface area (Å²) in [5.74, 6) is 0.602.